The van der Waals surface area contributed by atoms with Gasteiger partial charge in [-0.05, 0) is 40.8 Å². The molecule has 0 spiro atoms. The van der Waals surface area contributed by atoms with Gasteiger partial charge >= 0.3 is 0 Å². The lowest BCUT2D eigenvalue weighted by Gasteiger charge is -2.22. The van der Waals surface area contributed by atoms with E-state index in [-0.39, 0.29) is 5.54 Å². The average molecular weight is 227 g/mol. The zero-order chi connectivity index (χ0) is 11.5. The quantitative estimate of drug-likeness (QED) is 0.836. The molecule has 0 fully saturated rings. The van der Waals surface area contributed by atoms with E-state index in [2.05, 4.69) is 36.2 Å². The summed E-state index contributed by atoms with van der Waals surface area (Å²) in [7, 11) is 2.11. The van der Waals surface area contributed by atoms with Gasteiger partial charge in [-0.3, -0.25) is 0 Å². The van der Waals surface area contributed by atoms with Crippen molar-refractivity contribution >= 4 is 11.3 Å². The molecule has 1 aromatic heterocycles. The second-order valence-corrected chi connectivity index (χ2v) is 5.90. The smallest absolute Gasteiger partial charge is 0.0897 e. The Morgan fingerprint density at radius 3 is 2.67 bits per heavy atom. The summed E-state index contributed by atoms with van der Waals surface area (Å²) in [6, 6.07) is 0. The maximum atomic E-state index is 5.94. The minimum absolute atomic E-state index is 0.0771. The molecule has 2 N–H and O–H groups in total. The van der Waals surface area contributed by atoms with Crippen molar-refractivity contribution < 1.29 is 0 Å². The molecule has 15 heavy (non-hydrogen) atoms. The van der Waals surface area contributed by atoms with Crippen LogP contribution >= 0.6 is 11.3 Å². The van der Waals surface area contributed by atoms with Crippen molar-refractivity contribution in [2.45, 2.75) is 39.3 Å². The summed E-state index contributed by atoms with van der Waals surface area (Å²) in [6.45, 7) is 8.10. The number of thiazole rings is 1. The zero-order valence-corrected chi connectivity index (χ0v) is 10.9. The topological polar surface area (TPSA) is 42.2 Å². The predicted molar refractivity (Wildman–Crippen MR) is 66.1 cm³/mol. The number of nitrogens with two attached hydrogens (primary N) is 1. The van der Waals surface area contributed by atoms with E-state index in [4.69, 9.17) is 5.73 Å². The van der Waals surface area contributed by atoms with Crippen molar-refractivity contribution in [3.05, 3.63) is 16.1 Å². The van der Waals surface area contributed by atoms with E-state index in [9.17, 15) is 0 Å². The summed E-state index contributed by atoms with van der Waals surface area (Å²) in [4.78, 5) is 6.71. The maximum Gasteiger partial charge on any atom is 0.0897 e. The molecular weight excluding hydrogens is 206 g/mol. The summed E-state index contributed by atoms with van der Waals surface area (Å²) in [6.07, 6.45) is 1.01. The summed E-state index contributed by atoms with van der Waals surface area (Å²) < 4.78 is 0. The largest absolute Gasteiger partial charge is 0.326 e. The van der Waals surface area contributed by atoms with Crippen LogP contribution in [0, 0.1) is 6.92 Å². The molecule has 1 rings (SSSR count). The number of hydrogen-bond donors (Lipinski definition) is 1. The molecule has 0 aliphatic carbocycles. The molecule has 4 heteroatoms. The summed E-state index contributed by atoms with van der Waals surface area (Å²) in [5.74, 6) is 0. The van der Waals surface area contributed by atoms with Gasteiger partial charge in [0, 0.05) is 17.5 Å². The fourth-order valence-electron chi connectivity index (χ4n) is 1.32. The van der Waals surface area contributed by atoms with Gasteiger partial charge in [-0.15, -0.1) is 11.3 Å². The van der Waals surface area contributed by atoms with E-state index >= 15 is 0 Å². The number of aryl methyl sites for hydroxylation is 1. The van der Waals surface area contributed by atoms with Gasteiger partial charge in [0.2, 0.25) is 0 Å². The van der Waals surface area contributed by atoms with E-state index in [0.29, 0.717) is 0 Å². The summed E-state index contributed by atoms with van der Waals surface area (Å²) >= 11 is 1.71. The lowest BCUT2D eigenvalue weighted by molar-refractivity contribution is 0.286. The maximum absolute atomic E-state index is 5.94. The van der Waals surface area contributed by atoms with Gasteiger partial charge in [-0.2, -0.15) is 0 Å². The van der Waals surface area contributed by atoms with E-state index in [0.717, 1.165) is 30.2 Å². The third-order valence-corrected chi connectivity index (χ3v) is 3.06. The molecule has 0 radical (unpaired) electrons. The molecule has 0 amide bonds. The van der Waals surface area contributed by atoms with E-state index < -0.39 is 0 Å². The Balaban J connectivity index is 2.33. The Hall–Kier alpha value is -0.450. The Morgan fingerprint density at radius 1 is 1.53 bits per heavy atom. The minimum atomic E-state index is -0.0771. The molecule has 0 unspecified atom stereocenters. The number of aromatic nitrogens is 1. The first-order valence-corrected chi connectivity index (χ1v) is 6.13. The van der Waals surface area contributed by atoms with Gasteiger partial charge in [-0.1, -0.05) is 0 Å². The molecular formula is C11H21N3S. The van der Waals surface area contributed by atoms with Crippen LogP contribution in [0.3, 0.4) is 0 Å². The zero-order valence-electron chi connectivity index (χ0n) is 10.1. The molecule has 1 aromatic rings. The van der Waals surface area contributed by atoms with Crippen molar-refractivity contribution in [1.29, 1.82) is 0 Å². The van der Waals surface area contributed by atoms with Crippen LogP contribution < -0.4 is 5.73 Å². The molecule has 86 valence electrons. The minimum Gasteiger partial charge on any atom is -0.326 e. The highest BCUT2D eigenvalue weighted by Gasteiger charge is 2.12. The van der Waals surface area contributed by atoms with E-state index in [1.165, 1.54) is 0 Å². The van der Waals surface area contributed by atoms with Crippen LogP contribution in [0.1, 0.15) is 31.0 Å². The fraction of sp³-hybridized carbons (Fsp3) is 0.727. The van der Waals surface area contributed by atoms with Gasteiger partial charge in [0.25, 0.3) is 0 Å². The second-order valence-electron chi connectivity index (χ2n) is 4.83. The molecule has 1 heterocycles. The van der Waals surface area contributed by atoms with Crippen molar-refractivity contribution in [3.8, 4) is 0 Å². The normalized spacial score (nSPS) is 12.4. The molecule has 0 saturated carbocycles. The third kappa shape index (κ3) is 5.25. The van der Waals surface area contributed by atoms with E-state index in [1.54, 1.807) is 11.3 Å². The molecule has 0 aliphatic rings. The Morgan fingerprint density at radius 2 is 2.20 bits per heavy atom. The number of rotatable bonds is 5. The standard InChI is InChI=1S/C11H21N3S/c1-9-13-10(8-15-9)7-14(4)6-5-11(2,3)12/h8H,5-7,12H2,1-4H3. The Bertz CT molecular complexity index is 301. The average Bonchev–Trinajstić information content (AvgIpc) is 2.47. The monoisotopic (exact) mass is 227 g/mol. The SMILES string of the molecule is Cc1nc(CN(C)CCC(C)(C)N)cs1. The third-order valence-electron chi connectivity index (χ3n) is 2.24. The summed E-state index contributed by atoms with van der Waals surface area (Å²) in [5.41, 5.74) is 7.03. The lowest BCUT2D eigenvalue weighted by atomic mass is 10.0. The van der Waals surface area contributed by atoms with Gasteiger partial charge in [-0.25, -0.2) is 4.98 Å². The van der Waals surface area contributed by atoms with Crippen molar-refractivity contribution in [3.63, 3.8) is 0 Å². The van der Waals surface area contributed by atoms with Crippen LogP contribution in [-0.4, -0.2) is 29.0 Å². The van der Waals surface area contributed by atoms with Gasteiger partial charge < -0.3 is 10.6 Å². The van der Waals surface area contributed by atoms with Crippen LogP contribution in [0.4, 0.5) is 0 Å². The molecule has 0 aliphatic heterocycles. The van der Waals surface area contributed by atoms with Gasteiger partial charge in [0.1, 0.15) is 0 Å². The summed E-state index contributed by atoms with van der Waals surface area (Å²) in [5, 5.41) is 3.26. The number of hydrogen-bond acceptors (Lipinski definition) is 4. The fourth-order valence-corrected chi connectivity index (χ4v) is 1.92. The van der Waals surface area contributed by atoms with Gasteiger partial charge in [0.05, 0.1) is 10.7 Å². The molecule has 0 saturated heterocycles. The highest BCUT2D eigenvalue weighted by Crippen LogP contribution is 2.11. The highest BCUT2D eigenvalue weighted by molar-refractivity contribution is 7.09. The molecule has 0 atom stereocenters. The second kappa shape index (κ2) is 5.05. The highest BCUT2D eigenvalue weighted by atomic mass is 32.1. The first-order chi connectivity index (χ1) is 6.87. The van der Waals surface area contributed by atoms with Crippen LogP contribution in [0.5, 0.6) is 0 Å². The van der Waals surface area contributed by atoms with Crippen LogP contribution in [0.25, 0.3) is 0 Å². The predicted octanol–water partition coefficient (Wildman–Crippen LogP) is 2.01. The number of nitrogens with zero attached hydrogens (tertiary/aromatic N) is 2. The Labute approximate surface area is 96.3 Å². The van der Waals surface area contributed by atoms with Crippen LogP contribution in [0.15, 0.2) is 5.38 Å². The van der Waals surface area contributed by atoms with Crippen molar-refractivity contribution in [1.82, 2.24) is 9.88 Å². The van der Waals surface area contributed by atoms with Crippen LogP contribution in [0.2, 0.25) is 0 Å². The van der Waals surface area contributed by atoms with Gasteiger partial charge in [0.15, 0.2) is 0 Å². The Kier molecular flexibility index (Phi) is 4.25. The van der Waals surface area contributed by atoms with E-state index in [1.807, 2.05) is 6.92 Å². The lowest BCUT2D eigenvalue weighted by Crippen LogP contribution is -2.36. The molecule has 3 nitrogen and oxygen atoms in total. The van der Waals surface area contributed by atoms with Crippen LogP contribution in [-0.2, 0) is 6.54 Å². The van der Waals surface area contributed by atoms with Crippen molar-refractivity contribution in [2.75, 3.05) is 13.6 Å². The first kappa shape index (κ1) is 12.6. The first-order valence-electron chi connectivity index (χ1n) is 5.25. The molecule has 0 aromatic carbocycles. The van der Waals surface area contributed by atoms with Crippen molar-refractivity contribution in [2.24, 2.45) is 5.73 Å². The molecule has 0 bridgehead atoms.